The number of methoxy groups -OCH3 is 1. The first-order valence-corrected chi connectivity index (χ1v) is 6.99. The predicted molar refractivity (Wildman–Crippen MR) is 81.3 cm³/mol. The average Bonchev–Trinajstić information content (AvgIpc) is 2.87. The summed E-state index contributed by atoms with van der Waals surface area (Å²) in [7, 11) is 1.54. The summed E-state index contributed by atoms with van der Waals surface area (Å²) in [6.07, 6.45) is 0.763. The Bertz CT molecular complexity index is 541. The summed E-state index contributed by atoms with van der Waals surface area (Å²) in [5.41, 5.74) is 8.23. The van der Waals surface area contributed by atoms with E-state index in [-0.39, 0.29) is 24.3 Å². The number of ether oxygens (including phenoxy) is 1. The molecule has 3 N–H and O–H groups in total. The van der Waals surface area contributed by atoms with Crippen molar-refractivity contribution in [1.29, 1.82) is 0 Å². The molecule has 0 bridgehead atoms. The Balaban J connectivity index is 2.03. The second-order valence-electron chi connectivity index (χ2n) is 5.11. The largest absolute Gasteiger partial charge is 0.380 e. The van der Waals surface area contributed by atoms with Crippen LogP contribution in [0.3, 0.4) is 0 Å². The van der Waals surface area contributed by atoms with Gasteiger partial charge in [0.2, 0.25) is 11.8 Å². The van der Waals surface area contributed by atoms with E-state index in [4.69, 9.17) is 10.5 Å². The zero-order chi connectivity index (χ0) is 15.4. The van der Waals surface area contributed by atoms with E-state index >= 15 is 0 Å². The van der Waals surface area contributed by atoms with Crippen molar-refractivity contribution in [3.05, 3.63) is 23.8 Å². The lowest BCUT2D eigenvalue weighted by Gasteiger charge is -2.15. The molecule has 6 heteroatoms. The molecule has 1 heterocycles. The van der Waals surface area contributed by atoms with Crippen LogP contribution in [0.1, 0.15) is 18.9 Å². The smallest absolute Gasteiger partial charge is 0.227 e. The fourth-order valence-electron chi connectivity index (χ4n) is 2.49. The van der Waals surface area contributed by atoms with E-state index in [0.29, 0.717) is 13.1 Å². The molecule has 2 amide bonds. The maximum absolute atomic E-state index is 11.9. The van der Waals surface area contributed by atoms with Crippen molar-refractivity contribution >= 4 is 23.2 Å². The number of nitrogens with two attached hydrogens (primary N) is 1. The lowest BCUT2D eigenvalue weighted by atomic mass is 10.1. The van der Waals surface area contributed by atoms with Crippen molar-refractivity contribution in [2.45, 2.75) is 25.9 Å². The number of amides is 2. The second-order valence-corrected chi connectivity index (χ2v) is 5.11. The van der Waals surface area contributed by atoms with Gasteiger partial charge in [0.1, 0.15) is 0 Å². The van der Waals surface area contributed by atoms with Gasteiger partial charge in [-0.25, -0.2) is 0 Å². The van der Waals surface area contributed by atoms with E-state index in [1.54, 1.807) is 11.8 Å². The monoisotopic (exact) mass is 291 g/mol. The van der Waals surface area contributed by atoms with Crippen molar-refractivity contribution in [2.75, 3.05) is 30.4 Å². The van der Waals surface area contributed by atoms with Crippen LogP contribution in [0.25, 0.3) is 0 Å². The molecule has 0 saturated carbocycles. The van der Waals surface area contributed by atoms with E-state index in [1.807, 2.05) is 18.2 Å². The van der Waals surface area contributed by atoms with E-state index in [0.717, 1.165) is 23.4 Å². The number of fused-ring (bicyclic) bond motifs is 1. The molecule has 0 aromatic heterocycles. The Morgan fingerprint density at radius 2 is 2.24 bits per heavy atom. The van der Waals surface area contributed by atoms with Crippen LogP contribution < -0.4 is 16.0 Å². The lowest BCUT2D eigenvalue weighted by molar-refractivity contribution is -0.118. The molecule has 6 nitrogen and oxygen atoms in total. The third kappa shape index (κ3) is 3.59. The highest BCUT2D eigenvalue weighted by Crippen LogP contribution is 2.30. The van der Waals surface area contributed by atoms with Crippen LogP contribution in [0.2, 0.25) is 0 Å². The first-order valence-electron chi connectivity index (χ1n) is 6.99. The van der Waals surface area contributed by atoms with Gasteiger partial charge in [-0.3, -0.25) is 9.59 Å². The Labute approximate surface area is 124 Å². The normalized spacial score (nSPS) is 14.7. The fourth-order valence-corrected chi connectivity index (χ4v) is 2.49. The number of carbonyl (C=O) groups excluding carboxylic acids is 2. The Morgan fingerprint density at radius 3 is 2.86 bits per heavy atom. The van der Waals surface area contributed by atoms with Gasteiger partial charge in [0.25, 0.3) is 0 Å². The van der Waals surface area contributed by atoms with Crippen LogP contribution in [0.5, 0.6) is 0 Å². The number of anilines is 2. The molecule has 1 unspecified atom stereocenters. The number of rotatable bonds is 5. The van der Waals surface area contributed by atoms with Crippen LogP contribution in [-0.4, -0.2) is 38.1 Å². The molecule has 0 spiro atoms. The average molecular weight is 291 g/mol. The number of hydrogen-bond acceptors (Lipinski definition) is 4. The van der Waals surface area contributed by atoms with Crippen molar-refractivity contribution < 1.29 is 14.3 Å². The molecule has 1 aromatic rings. The topological polar surface area (TPSA) is 84.7 Å². The molecule has 21 heavy (non-hydrogen) atoms. The molecule has 1 aliphatic rings. The molecule has 2 rings (SSSR count). The Morgan fingerprint density at radius 1 is 1.48 bits per heavy atom. The van der Waals surface area contributed by atoms with E-state index in [1.165, 1.54) is 7.11 Å². The van der Waals surface area contributed by atoms with Crippen molar-refractivity contribution in [2.24, 2.45) is 5.73 Å². The van der Waals surface area contributed by atoms with Gasteiger partial charge in [-0.2, -0.15) is 0 Å². The molecule has 0 saturated heterocycles. The predicted octanol–water partition coefficient (Wildman–Crippen LogP) is 0.898. The van der Waals surface area contributed by atoms with E-state index in [9.17, 15) is 9.59 Å². The maximum Gasteiger partial charge on any atom is 0.227 e. The van der Waals surface area contributed by atoms with Crippen LogP contribution in [0, 0.1) is 0 Å². The van der Waals surface area contributed by atoms with Crippen LogP contribution in [-0.2, 0) is 20.7 Å². The standard InChI is InChI=1S/C15H21N3O3/c1-10(19)18-6-5-11-7-12(3-4-14(11)18)17-15(20)8-13(9-16)21-2/h3-4,7,13H,5-6,8-9,16H2,1-2H3,(H,17,20). The minimum Gasteiger partial charge on any atom is -0.380 e. The van der Waals surface area contributed by atoms with Gasteiger partial charge in [-0.05, 0) is 30.2 Å². The molecule has 0 aliphatic carbocycles. The molecule has 0 radical (unpaired) electrons. The molecule has 1 atom stereocenters. The second kappa shape index (κ2) is 6.69. The van der Waals surface area contributed by atoms with Crippen LogP contribution >= 0.6 is 0 Å². The zero-order valence-electron chi connectivity index (χ0n) is 12.4. The molecule has 114 valence electrons. The SMILES string of the molecule is COC(CN)CC(=O)Nc1ccc2c(c1)CCN2C(C)=O. The first-order chi connectivity index (χ1) is 10.0. The number of carbonyl (C=O) groups is 2. The van der Waals surface area contributed by atoms with Crippen molar-refractivity contribution in [3.63, 3.8) is 0 Å². The van der Waals surface area contributed by atoms with E-state index in [2.05, 4.69) is 5.32 Å². The molecular formula is C15H21N3O3. The quantitative estimate of drug-likeness (QED) is 0.844. The summed E-state index contributed by atoms with van der Waals surface area (Å²) in [5.74, 6) is -0.0925. The van der Waals surface area contributed by atoms with Gasteiger partial charge in [0.15, 0.2) is 0 Å². The van der Waals surface area contributed by atoms with Crippen LogP contribution in [0.4, 0.5) is 11.4 Å². The maximum atomic E-state index is 11.9. The minimum atomic E-state index is -0.271. The summed E-state index contributed by atoms with van der Waals surface area (Å²) in [6.45, 7) is 2.56. The highest BCUT2D eigenvalue weighted by molar-refractivity contribution is 5.95. The summed E-state index contributed by atoms with van der Waals surface area (Å²) in [4.78, 5) is 25.1. The summed E-state index contributed by atoms with van der Waals surface area (Å²) >= 11 is 0. The molecule has 0 fully saturated rings. The third-order valence-corrected chi connectivity index (χ3v) is 3.65. The van der Waals surface area contributed by atoms with Gasteiger partial charge in [0, 0.05) is 38.5 Å². The number of benzene rings is 1. The van der Waals surface area contributed by atoms with Crippen molar-refractivity contribution in [1.82, 2.24) is 0 Å². The third-order valence-electron chi connectivity index (χ3n) is 3.65. The Kier molecular flexibility index (Phi) is 4.93. The Hall–Kier alpha value is -1.92. The molecule has 1 aliphatic heterocycles. The highest BCUT2D eigenvalue weighted by atomic mass is 16.5. The van der Waals surface area contributed by atoms with Crippen LogP contribution in [0.15, 0.2) is 18.2 Å². The zero-order valence-corrected chi connectivity index (χ0v) is 12.4. The fraction of sp³-hybridized carbons (Fsp3) is 0.467. The number of hydrogen-bond donors (Lipinski definition) is 2. The van der Waals surface area contributed by atoms with E-state index < -0.39 is 0 Å². The van der Waals surface area contributed by atoms with Gasteiger partial charge >= 0.3 is 0 Å². The summed E-state index contributed by atoms with van der Waals surface area (Å²) in [5, 5.41) is 2.84. The van der Waals surface area contributed by atoms with Gasteiger partial charge in [0.05, 0.1) is 12.5 Å². The summed E-state index contributed by atoms with van der Waals surface area (Å²) < 4.78 is 5.09. The van der Waals surface area contributed by atoms with Gasteiger partial charge < -0.3 is 20.7 Å². The lowest BCUT2D eigenvalue weighted by Crippen LogP contribution is -2.28. The van der Waals surface area contributed by atoms with Gasteiger partial charge in [-0.15, -0.1) is 0 Å². The first kappa shape index (κ1) is 15.5. The van der Waals surface area contributed by atoms with Gasteiger partial charge in [-0.1, -0.05) is 0 Å². The minimum absolute atomic E-state index is 0.0383. The molecular weight excluding hydrogens is 270 g/mol. The number of nitrogens with one attached hydrogen (secondary N) is 1. The molecule has 1 aromatic carbocycles. The summed E-state index contributed by atoms with van der Waals surface area (Å²) in [6, 6.07) is 5.60. The van der Waals surface area contributed by atoms with Crippen molar-refractivity contribution in [3.8, 4) is 0 Å². The number of nitrogens with zero attached hydrogens (tertiary/aromatic N) is 1. The highest BCUT2D eigenvalue weighted by Gasteiger charge is 2.22.